The predicted octanol–water partition coefficient (Wildman–Crippen LogP) is 3.41. The van der Waals surface area contributed by atoms with Crippen LogP contribution in [-0.2, 0) is 0 Å². The second-order valence-corrected chi connectivity index (χ2v) is 4.64. The lowest BCUT2D eigenvalue weighted by molar-refractivity contribution is 0.386. The first-order valence-electron chi connectivity index (χ1n) is 5.88. The van der Waals surface area contributed by atoms with Gasteiger partial charge >= 0.3 is 0 Å². The third kappa shape index (κ3) is 1.87. The van der Waals surface area contributed by atoms with Crippen LogP contribution in [0.15, 0.2) is 36.4 Å². The summed E-state index contributed by atoms with van der Waals surface area (Å²) in [5.74, 6) is -0.0567. The highest BCUT2D eigenvalue weighted by Gasteiger charge is 2.14. The van der Waals surface area contributed by atoms with Crippen LogP contribution >= 0.6 is 11.6 Å². The van der Waals surface area contributed by atoms with E-state index >= 15 is 0 Å². The highest BCUT2D eigenvalue weighted by molar-refractivity contribution is 6.35. The number of ether oxygens (including phenoxy) is 1. The third-order valence-electron chi connectivity index (χ3n) is 3.05. The Hall–Kier alpha value is -2.27. The molecule has 6 heteroatoms. The van der Waals surface area contributed by atoms with Gasteiger partial charge in [0.2, 0.25) is 5.95 Å². The second kappa shape index (κ2) is 4.68. The maximum absolute atomic E-state index is 13.8. The summed E-state index contributed by atoms with van der Waals surface area (Å²) in [4.78, 5) is 4.23. The summed E-state index contributed by atoms with van der Waals surface area (Å²) in [7, 11) is 1.41. The Balaban J connectivity index is 2.29. The first-order valence-corrected chi connectivity index (χ1v) is 6.26. The molecule has 2 N–H and O–H groups in total. The molecular formula is C14H11ClFN3O. The van der Waals surface area contributed by atoms with Crippen molar-refractivity contribution in [2.75, 3.05) is 12.8 Å². The van der Waals surface area contributed by atoms with Gasteiger partial charge in [0, 0.05) is 6.07 Å². The van der Waals surface area contributed by atoms with Crippen molar-refractivity contribution in [2.24, 2.45) is 0 Å². The van der Waals surface area contributed by atoms with Crippen molar-refractivity contribution in [1.29, 1.82) is 0 Å². The van der Waals surface area contributed by atoms with E-state index in [1.807, 2.05) is 0 Å². The number of hydrogen-bond acceptors (Lipinski definition) is 3. The van der Waals surface area contributed by atoms with E-state index in [0.717, 1.165) is 0 Å². The maximum Gasteiger partial charge on any atom is 0.205 e. The largest absolute Gasteiger partial charge is 0.494 e. The normalized spacial score (nSPS) is 10.9. The van der Waals surface area contributed by atoms with Gasteiger partial charge < -0.3 is 10.5 Å². The number of hydrogen-bond donors (Lipinski definition) is 1. The van der Waals surface area contributed by atoms with Gasteiger partial charge in [0.1, 0.15) is 0 Å². The summed E-state index contributed by atoms with van der Waals surface area (Å²) in [5.41, 5.74) is 7.76. The molecule has 0 unspecified atom stereocenters. The van der Waals surface area contributed by atoms with Gasteiger partial charge in [-0.3, -0.25) is 4.57 Å². The topological polar surface area (TPSA) is 53.1 Å². The lowest BCUT2D eigenvalue weighted by Gasteiger charge is -2.09. The van der Waals surface area contributed by atoms with Gasteiger partial charge in [-0.2, -0.15) is 0 Å². The zero-order chi connectivity index (χ0) is 14.3. The van der Waals surface area contributed by atoms with Crippen LogP contribution in [0.3, 0.4) is 0 Å². The van der Waals surface area contributed by atoms with Crippen molar-refractivity contribution in [3.05, 3.63) is 47.2 Å². The van der Waals surface area contributed by atoms with Crippen molar-refractivity contribution in [1.82, 2.24) is 9.55 Å². The number of imidazole rings is 1. The molecule has 0 amide bonds. The Labute approximate surface area is 119 Å². The number of benzene rings is 2. The van der Waals surface area contributed by atoms with Crippen LogP contribution in [0.5, 0.6) is 5.75 Å². The molecule has 20 heavy (non-hydrogen) atoms. The van der Waals surface area contributed by atoms with Crippen molar-refractivity contribution < 1.29 is 9.13 Å². The van der Waals surface area contributed by atoms with Crippen LogP contribution in [-0.4, -0.2) is 16.7 Å². The summed E-state index contributed by atoms with van der Waals surface area (Å²) in [6.45, 7) is 0. The average Bonchev–Trinajstić information content (AvgIpc) is 2.76. The van der Waals surface area contributed by atoms with E-state index in [1.165, 1.54) is 19.2 Å². The quantitative estimate of drug-likeness (QED) is 0.787. The minimum Gasteiger partial charge on any atom is -0.494 e. The Kier molecular flexibility index (Phi) is 2.99. The molecular weight excluding hydrogens is 281 g/mol. The first-order chi connectivity index (χ1) is 9.61. The van der Waals surface area contributed by atoms with E-state index in [4.69, 9.17) is 22.1 Å². The number of rotatable bonds is 2. The number of fused-ring (bicyclic) bond motifs is 1. The number of para-hydroxylation sites is 1. The van der Waals surface area contributed by atoms with Gasteiger partial charge in [-0.25, -0.2) is 9.37 Å². The third-order valence-corrected chi connectivity index (χ3v) is 3.35. The van der Waals surface area contributed by atoms with Crippen LogP contribution in [0.25, 0.3) is 16.7 Å². The smallest absolute Gasteiger partial charge is 0.205 e. The SMILES string of the molecule is COc1ccc(-n2c(N)nc3cccc(Cl)c32)cc1F. The number of nitrogen functional groups attached to an aromatic ring is 1. The number of nitrogens with two attached hydrogens (primary N) is 1. The highest BCUT2D eigenvalue weighted by atomic mass is 35.5. The van der Waals surface area contributed by atoms with E-state index < -0.39 is 5.82 Å². The Bertz CT molecular complexity index is 800. The summed E-state index contributed by atoms with van der Waals surface area (Å²) in [6, 6.07) is 9.89. The summed E-state index contributed by atoms with van der Waals surface area (Å²) in [5, 5.41) is 0.503. The molecule has 3 rings (SSSR count). The van der Waals surface area contributed by atoms with E-state index in [1.54, 1.807) is 28.8 Å². The van der Waals surface area contributed by atoms with E-state index in [2.05, 4.69) is 4.98 Å². The Morgan fingerprint density at radius 2 is 2.10 bits per heavy atom. The zero-order valence-corrected chi connectivity index (χ0v) is 11.4. The molecule has 0 saturated carbocycles. The molecule has 3 aromatic rings. The lowest BCUT2D eigenvalue weighted by atomic mass is 10.2. The second-order valence-electron chi connectivity index (χ2n) is 4.23. The Morgan fingerprint density at radius 3 is 2.80 bits per heavy atom. The van der Waals surface area contributed by atoms with Crippen molar-refractivity contribution in [3.8, 4) is 11.4 Å². The van der Waals surface area contributed by atoms with E-state index in [-0.39, 0.29) is 11.7 Å². The molecule has 4 nitrogen and oxygen atoms in total. The lowest BCUT2D eigenvalue weighted by Crippen LogP contribution is -2.02. The maximum atomic E-state index is 13.8. The minimum atomic E-state index is -0.474. The van der Waals surface area contributed by atoms with Crippen LogP contribution in [0.2, 0.25) is 5.02 Å². The van der Waals surface area contributed by atoms with Gasteiger partial charge in [0.25, 0.3) is 0 Å². The van der Waals surface area contributed by atoms with Gasteiger partial charge in [0.15, 0.2) is 11.6 Å². The van der Waals surface area contributed by atoms with Crippen molar-refractivity contribution in [3.63, 3.8) is 0 Å². The van der Waals surface area contributed by atoms with Gasteiger partial charge in [0.05, 0.1) is 28.9 Å². The summed E-state index contributed by atoms with van der Waals surface area (Å²) < 4.78 is 20.4. The molecule has 0 radical (unpaired) electrons. The standard InChI is InChI=1S/C14H11ClFN3O/c1-20-12-6-5-8(7-10(12)16)19-13-9(15)3-2-4-11(13)18-14(19)17/h2-7H,1H3,(H2,17,18). The Morgan fingerprint density at radius 1 is 1.30 bits per heavy atom. The molecule has 0 aliphatic carbocycles. The van der Waals surface area contributed by atoms with Crippen LogP contribution < -0.4 is 10.5 Å². The van der Waals surface area contributed by atoms with Gasteiger partial charge in [-0.05, 0) is 24.3 Å². The van der Waals surface area contributed by atoms with Gasteiger partial charge in [-0.15, -0.1) is 0 Å². The van der Waals surface area contributed by atoms with E-state index in [0.29, 0.717) is 21.7 Å². The number of aromatic nitrogens is 2. The fraction of sp³-hybridized carbons (Fsp3) is 0.0714. The molecule has 1 heterocycles. The molecule has 0 bridgehead atoms. The molecule has 0 fully saturated rings. The molecule has 1 aromatic heterocycles. The number of methoxy groups -OCH3 is 1. The molecule has 0 spiro atoms. The minimum absolute atomic E-state index is 0.169. The number of anilines is 1. The van der Waals surface area contributed by atoms with Crippen molar-refractivity contribution >= 4 is 28.6 Å². The molecule has 0 aliphatic rings. The fourth-order valence-corrected chi connectivity index (χ4v) is 2.41. The van der Waals surface area contributed by atoms with Crippen LogP contribution in [0, 0.1) is 5.82 Å². The monoisotopic (exact) mass is 291 g/mol. The number of halogens is 2. The summed E-state index contributed by atoms with van der Waals surface area (Å²) >= 11 is 6.19. The fourth-order valence-electron chi connectivity index (χ4n) is 2.16. The molecule has 102 valence electrons. The van der Waals surface area contributed by atoms with Gasteiger partial charge in [-0.1, -0.05) is 17.7 Å². The molecule has 0 aliphatic heterocycles. The molecule has 0 saturated heterocycles. The first kappa shape index (κ1) is 12.7. The van der Waals surface area contributed by atoms with Crippen LogP contribution in [0.4, 0.5) is 10.3 Å². The van der Waals surface area contributed by atoms with Crippen molar-refractivity contribution in [2.45, 2.75) is 0 Å². The van der Waals surface area contributed by atoms with E-state index in [9.17, 15) is 4.39 Å². The number of nitrogens with zero attached hydrogens (tertiary/aromatic N) is 2. The summed E-state index contributed by atoms with van der Waals surface area (Å²) in [6.07, 6.45) is 0. The molecule has 2 aromatic carbocycles. The molecule has 0 atom stereocenters. The zero-order valence-electron chi connectivity index (χ0n) is 10.6. The average molecular weight is 292 g/mol. The highest BCUT2D eigenvalue weighted by Crippen LogP contribution is 2.30. The van der Waals surface area contributed by atoms with Crippen LogP contribution in [0.1, 0.15) is 0 Å². The predicted molar refractivity (Wildman–Crippen MR) is 77.0 cm³/mol.